The third-order valence-corrected chi connectivity index (χ3v) is 2.61. The minimum atomic E-state index is -0.241. The van der Waals surface area contributed by atoms with Gasteiger partial charge in [0, 0.05) is 5.69 Å². The molecule has 0 saturated carbocycles. The average molecular weight is 193 g/mol. The molecule has 76 valence electrons. The fraction of sp³-hybridized carbons (Fsp3) is 0.545. The number of carbonyl (C=O) groups is 1. The van der Waals surface area contributed by atoms with Gasteiger partial charge in [0.25, 0.3) is 0 Å². The maximum absolute atomic E-state index is 11.4. The van der Waals surface area contributed by atoms with Crippen molar-refractivity contribution in [3.8, 4) is 0 Å². The molecule has 0 amide bonds. The van der Waals surface area contributed by atoms with Gasteiger partial charge in [0.05, 0.1) is 6.61 Å². The maximum Gasteiger partial charge on any atom is 0.354 e. The van der Waals surface area contributed by atoms with E-state index in [0.717, 1.165) is 12.8 Å². The van der Waals surface area contributed by atoms with Crippen LogP contribution in [0.2, 0.25) is 0 Å². The highest BCUT2D eigenvalue weighted by molar-refractivity contribution is 5.88. The van der Waals surface area contributed by atoms with Crippen molar-refractivity contribution in [1.82, 2.24) is 4.98 Å². The monoisotopic (exact) mass is 193 g/mol. The van der Waals surface area contributed by atoms with Crippen molar-refractivity contribution in [2.45, 2.75) is 26.7 Å². The lowest BCUT2D eigenvalue weighted by molar-refractivity contribution is 0.0520. The molecule has 1 aliphatic rings. The van der Waals surface area contributed by atoms with Gasteiger partial charge in [0.15, 0.2) is 0 Å². The van der Waals surface area contributed by atoms with E-state index in [2.05, 4.69) is 11.9 Å². The second kappa shape index (κ2) is 3.48. The molecule has 1 N–H and O–H groups in total. The van der Waals surface area contributed by atoms with E-state index in [1.807, 2.05) is 13.0 Å². The molecule has 3 heteroatoms. The van der Waals surface area contributed by atoms with Crippen LogP contribution in [0.3, 0.4) is 0 Å². The summed E-state index contributed by atoms with van der Waals surface area (Å²) in [6.45, 7) is 4.47. The van der Waals surface area contributed by atoms with Gasteiger partial charge in [-0.1, -0.05) is 6.92 Å². The standard InChI is InChI=1S/C11H15NO2/c1-3-14-11(13)10-6-8-4-7(2)5-9(8)12-10/h6-7,12H,3-5H2,1-2H3. The molecule has 0 spiro atoms. The van der Waals surface area contributed by atoms with E-state index in [1.54, 1.807) is 0 Å². The molecular formula is C11H15NO2. The van der Waals surface area contributed by atoms with Crippen molar-refractivity contribution in [3.63, 3.8) is 0 Å². The van der Waals surface area contributed by atoms with Gasteiger partial charge in [-0.2, -0.15) is 0 Å². The van der Waals surface area contributed by atoms with Gasteiger partial charge in [-0.15, -0.1) is 0 Å². The first-order valence-corrected chi connectivity index (χ1v) is 5.08. The predicted octanol–water partition coefficient (Wildman–Crippen LogP) is 1.93. The summed E-state index contributed by atoms with van der Waals surface area (Å²) in [4.78, 5) is 14.5. The molecular weight excluding hydrogens is 178 g/mol. The molecule has 1 atom stereocenters. The molecule has 1 heterocycles. The van der Waals surface area contributed by atoms with Crippen molar-refractivity contribution in [2.24, 2.45) is 5.92 Å². The SMILES string of the molecule is CCOC(=O)c1cc2c([nH]1)CC(C)C2. The number of carbonyl (C=O) groups excluding carboxylic acids is 1. The molecule has 1 aromatic heterocycles. The lowest BCUT2D eigenvalue weighted by Crippen LogP contribution is -2.05. The summed E-state index contributed by atoms with van der Waals surface area (Å²) in [6.07, 6.45) is 2.12. The predicted molar refractivity (Wildman–Crippen MR) is 53.3 cm³/mol. The lowest BCUT2D eigenvalue weighted by Gasteiger charge is -2.00. The van der Waals surface area contributed by atoms with E-state index >= 15 is 0 Å². The van der Waals surface area contributed by atoms with Crippen LogP contribution in [-0.4, -0.2) is 17.6 Å². The van der Waals surface area contributed by atoms with Gasteiger partial charge in [0.2, 0.25) is 0 Å². The maximum atomic E-state index is 11.4. The number of esters is 1. The van der Waals surface area contributed by atoms with Gasteiger partial charge < -0.3 is 9.72 Å². The van der Waals surface area contributed by atoms with Crippen LogP contribution in [0.15, 0.2) is 6.07 Å². The number of ether oxygens (including phenoxy) is 1. The smallest absolute Gasteiger partial charge is 0.354 e. The summed E-state index contributed by atoms with van der Waals surface area (Å²) in [5.74, 6) is 0.460. The third kappa shape index (κ3) is 1.54. The molecule has 0 bridgehead atoms. The third-order valence-electron chi connectivity index (χ3n) is 2.61. The topological polar surface area (TPSA) is 42.1 Å². The van der Waals surface area contributed by atoms with Gasteiger partial charge >= 0.3 is 5.97 Å². The molecule has 14 heavy (non-hydrogen) atoms. The minimum Gasteiger partial charge on any atom is -0.461 e. The molecule has 3 nitrogen and oxygen atoms in total. The number of hydrogen-bond acceptors (Lipinski definition) is 2. The average Bonchev–Trinajstić information content (AvgIpc) is 2.61. The second-order valence-corrected chi connectivity index (χ2v) is 3.92. The highest BCUT2D eigenvalue weighted by Crippen LogP contribution is 2.26. The first-order valence-electron chi connectivity index (χ1n) is 5.08. The molecule has 1 aliphatic carbocycles. The molecule has 2 rings (SSSR count). The van der Waals surface area contributed by atoms with Crippen LogP contribution in [0, 0.1) is 5.92 Å². The Morgan fingerprint density at radius 1 is 1.64 bits per heavy atom. The van der Waals surface area contributed by atoms with Crippen LogP contribution in [0.25, 0.3) is 0 Å². The number of hydrogen-bond donors (Lipinski definition) is 1. The Labute approximate surface area is 83.5 Å². The zero-order valence-corrected chi connectivity index (χ0v) is 8.59. The van der Waals surface area contributed by atoms with Gasteiger partial charge in [-0.3, -0.25) is 0 Å². The summed E-state index contributed by atoms with van der Waals surface area (Å²) < 4.78 is 4.92. The summed E-state index contributed by atoms with van der Waals surface area (Å²) in [6, 6.07) is 1.93. The Bertz CT molecular complexity index is 331. The van der Waals surface area contributed by atoms with E-state index in [1.165, 1.54) is 11.3 Å². The van der Waals surface area contributed by atoms with Crippen LogP contribution in [-0.2, 0) is 17.6 Å². The molecule has 0 saturated heterocycles. The van der Waals surface area contributed by atoms with Crippen molar-refractivity contribution in [2.75, 3.05) is 6.61 Å². The summed E-state index contributed by atoms with van der Waals surface area (Å²) >= 11 is 0. The fourth-order valence-electron chi connectivity index (χ4n) is 2.02. The Morgan fingerprint density at radius 2 is 2.43 bits per heavy atom. The van der Waals surface area contributed by atoms with Gasteiger partial charge in [-0.05, 0) is 37.3 Å². The summed E-state index contributed by atoms with van der Waals surface area (Å²) in [5, 5.41) is 0. The normalized spacial score (nSPS) is 19.4. The van der Waals surface area contributed by atoms with Crippen molar-refractivity contribution in [3.05, 3.63) is 23.0 Å². The molecule has 0 aromatic carbocycles. The highest BCUT2D eigenvalue weighted by atomic mass is 16.5. The van der Waals surface area contributed by atoms with Crippen LogP contribution >= 0.6 is 0 Å². The number of aromatic nitrogens is 1. The first-order chi connectivity index (χ1) is 6.70. The zero-order valence-electron chi connectivity index (χ0n) is 8.59. The first kappa shape index (κ1) is 9.31. The van der Waals surface area contributed by atoms with Crippen LogP contribution < -0.4 is 0 Å². The van der Waals surface area contributed by atoms with E-state index < -0.39 is 0 Å². The Kier molecular flexibility index (Phi) is 2.32. The number of fused-ring (bicyclic) bond motifs is 1. The van der Waals surface area contributed by atoms with Crippen molar-refractivity contribution >= 4 is 5.97 Å². The number of H-pyrrole nitrogens is 1. The van der Waals surface area contributed by atoms with E-state index in [4.69, 9.17) is 4.74 Å². The van der Waals surface area contributed by atoms with Crippen LogP contribution in [0.4, 0.5) is 0 Å². The quantitative estimate of drug-likeness (QED) is 0.729. The second-order valence-electron chi connectivity index (χ2n) is 3.92. The summed E-state index contributed by atoms with van der Waals surface area (Å²) in [5.41, 5.74) is 3.09. The van der Waals surface area contributed by atoms with Gasteiger partial charge in [-0.25, -0.2) is 4.79 Å². The molecule has 0 radical (unpaired) electrons. The lowest BCUT2D eigenvalue weighted by atomic mass is 10.1. The van der Waals surface area contributed by atoms with E-state index in [-0.39, 0.29) is 5.97 Å². The van der Waals surface area contributed by atoms with E-state index in [0.29, 0.717) is 18.2 Å². The van der Waals surface area contributed by atoms with Crippen LogP contribution in [0.1, 0.15) is 35.6 Å². The Hall–Kier alpha value is -1.25. The van der Waals surface area contributed by atoms with Crippen molar-refractivity contribution in [1.29, 1.82) is 0 Å². The molecule has 1 unspecified atom stereocenters. The molecule has 0 aliphatic heterocycles. The number of aromatic amines is 1. The van der Waals surface area contributed by atoms with Crippen molar-refractivity contribution < 1.29 is 9.53 Å². The largest absolute Gasteiger partial charge is 0.461 e. The number of rotatable bonds is 2. The molecule has 1 aromatic rings. The summed E-state index contributed by atoms with van der Waals surface area (Å²) in [7, 11) is 0. The Balaban J connectivity index is 2.16. The van der Waals surface area contributed by atoms with Crippen LogP contribution in [0.5, 0.6) is 0 Å². The molecule has 0 fully saturated rings. The fourth-order valence-corrected chi connectivity index (χ4v) is 2.02. The number of nitrogens with one attached hydrogen (secondary N) is 1. The Morgan fingerprint density at radius 3 is 3.07 bits per heavy atom. The zero-order chi connectivity index (χ0) is 10.1. The van der Waals surface area contributed by atoms with E-state index in [9.17, 15) is 4.79 Å². The highest BCUT2D eigenvalue weighted by Gasteiger charge is 2.22. The van der Waals surface area contributed by atoms with Gasteiger partial charge in [0.1, 0.15) is 5.69 Å². The minimum absolute atomic E-state index is 0.241.